The Labute approximate surface area is 206 Å². The molecule has 2 aromatic carbocycles. The average molecular weight is 534 g/mol. The molecule has 0 aliphatic rings. The molecule has 0 saturated heterocycles. The van der Waals surface area contributed by atoms with Crippen LogP contribution in [0.4, 0.5) is 18.0 Å². The number of halogens is 3. The third-order valence-electron chi connectivity index (χ3n) is 4.48. The van der Waals surface area contributed by atoms with Crippen molar-refractivity contribution in [3.8, 4) is 11.5 Å². The lowest BCUT2D eigenvalue weighted by Gasteiger charge is -2.27. The average Bonchev–Trinajstić information content (AvgIpc) is 2.78. The van der Waals surface area contributed by atoms with Crippen LogP contribution in [0.3, 0.4) is 0 Å². The summed E-state index contributed by atoms with van der Waals surface area (Å²) in [6, 6.07) is 5.21. The Morgan fingerprint density at radius 2 is 1.58 bits per heavy atom. The number of benzene rings is 2. The third-order valence-corrected chi connectivity index (χ3v) is 6.30. The number of carbonyl (C=O) groups is 2. The Morgan fingerprint density at radius 1 is 1.03 bits per heavy atom. The first-order chi connectivity index (χ1) is 16.6. The molecular weight excluding hydrogens is 507 g/mol. The number of nitrogens with one attached hydrogen (secondary N) is 1. The van der Waals surface area contributed by atoms with Gasteiger partial charge in [-0.1, -0.05) is 0 Å². The van der Waals surface area contributed by atoms with Gasteiger partial charge in [-0.3, -0.25) is 10.0 Å². The minimum Gasteiger partial charge on any atom is -0.451 e. The number of hydrogen-bond acceptors (Lipinski definition) is 7. The van der Waals surface area contributed by atoms with Crippen molar-refractivity contribution in [2.45, 2.75) is 31.3 Å². The fourth-order valence-electron chi connectivity index (χ4n) is 2.73. The number of likely N-dealkylation sites (N-methyl/N-ethyl adjacent to an activating group) is 1. The number of hydroxylamine groups is 1. The van der Waals surface area contributed by atoms with Crippen LogP contribution in [0.5, 0.6) is 11.5 Å². The molecule has 0 aliphatic heterocycles. The standard InChI is InChI=1S/C22H26F3N3O7S/c1-22(2,3)35-21(30)27(4)9-10-28(13-19(29)26-31)36(32,33)16-11-17(24)20(18(25)12-16)34-15-7-5-14(23)6-8-15/h5-8,11-12,31H,9-10,13H2,1-4H3,(H,26,29). The van der Waals surface area contributed by atoms with E-state index in [-0.39, 0.29) is 12.3 Å². The molecule has 0 unspecified atom stereocenters. The van der Waals surface area contributed by atoms with Crippen LogP contribution in [-0.2, 0) is 19.6 Å². The van der Waals surface area contributed by atoms with E-state index in [1.165, 1.54) is 12.5 Å². The fourth-order valence-corrected chi connectivity index (χ4v) is 4.14. The van der Waals surface area contributed by atoms with Gasteiger partial charge in [-0.05, 0) is 57.2 Å². The second-order valence-corrected chi connectivity index (χ2v) is 10.5. The van der Waals surface area contributed by atoms with Gasteiger partial charge in [0, 0.05) is 20.1 Å². The minimum absolute atomic E-state index is 0.101. The van der Waals surface area contributed by atoms with Crippen LogP contribution in [0.25, 0.3) is 0 Å². The smallest absolute Gasteiger partial charge is 0.410 e. The quantitative estimate of drug-likeness (QED) is 0.374. The van der Waals surface area contributed by atoms with Crippen LogP contribution in [0.1, 0.15) is 20.8 Å². The molecule has 36 heavy (non-hydrogen) atoms. The van der Waals surface area contributed by atoms with Gasteiger partial charge in [0.05, 0.1) is 11.4 Å². The molecule has 0 aliphatic carbocycles. The molecule has 2 amide bonds. The van der Waals surface area contributed by atoms with Crippen LogP contribution < -0.4 is 10.2 Å². The minimum atomic E-state index is -4.71. The SMILES string of the molecule is CN(CCN(CC(=O)NO)S(=O)(=O)c1cc(F)c(Oc2ccc(F)cc2)c(F)c1)C(=O)OC(C)(C)C. The molecule has 0 bridgehead atoms. The summed E-state index contributed by atoms with van der Waals surface area (Å²) in [5, 5.41) is 8.83. The van der Waals surface area contributed by atoms with Crippen LogP contribution in [0.15, 0.2) is 41.3 Å². The number of nitrogens with zero attached hydrogens (tertiary/aromatic N) is 2. The fraction of sp³-hybridized carbons (Fsp3) is 0.364. The van der Waals surface area contributed by atoms with Gasteiger partial charge in [-0.25, -0.2) is 31.9 Å². The Bertz CT molecular complexity index is 1180. The zero-order valence-electron chi connectivity index (χ0n) is 19.9. The molecule has 0 atom stereocenters. The molecule has 2 rings (SSSR count). The van der Waals surface area contributed by atoms with Crippen molar-refractivity contribution in [3.63, 3.8) is 0 Å². The van der Waals surface area contributed by atoms with Crippen molar-refractivity contribution < 1.29 is 45.9 Å². The van der Waals surface area contributed by atoms with Crippen molar-refractivity contribution in [1.29, 1.82) is 0 Å². The van der Waals surface area contributed by atoms with Crippen LogP contribution in [0.2, 0.25) is 0 Å². The second kappa shape index (κ2) is 11.6. The Hall–Kier alpha value is -3.36. The van der Waals surface area contributed by atoms with Gasteiger partial charge in [0.2, 0.25) is 10.0 Å². The molecule has 2 N–H and O–H groups in total. The summed E-state index contributed by atoms with van der Waals surface area (Å²) in [5.41, 5.74) is 0.460. The number of sulfonamides is 1. The molecule has 14 heteroatoms. The van der Waals surface area contributed by atoms with E-state index >= 15 is 0 Å². The maximum Gasteiger partial charge on any atom is 0.410 e. The van der Waals surface area contributed by atoms with E-state index in [0.717, 1.165) is 29.2 Å². The molecule has 2 aromatic rings. The Balaban J connectivity index is 2.31. The lowest BCUT2D eigenvalue weighted by molar-refractivity contribution is -0.129. The lowest BCUT2D eigenvalue weighted by atomic mass is 10.2. The normalized spacial score (nSPS) is 11.8. The molecule has 0 spiro atoms. The summed E-state index contributed by atoms with van der Waals surface area (Å²) in [6.07, 6.45) is -0.772. The van der Waals surface area contributed by atoms with Crippen molar-refractivity contribution in [2.75, 3.05) is 26.7 Å². The Kier molecular flexibility index (Phi) is 9.29. The monoisotopic (exact) mass is 533 g/mol. The maximum atomic E-state index is 14.7. The van der Waals surface area contributed by atoms with Gasteiger partial charge < -0.3 is 14.4 Å². The molecule has 10 nitrogen and oxygen atoms in total. The largest absolute Gasteiger partial charge is 0.451 e. The molecular formula is C22H26F3N3O7S. The molecule has 0 aromatic heterocycles. The highest BCUT2D eigenvalue weighted by molar-refractivity contribution is 7.89. The van der Waals surface area contributed by atoms with E-state index in [0.29, 0.717) is 16.4 Å². The van der Waals surface area contributed by atoms with Crippen molar-refractivity contribution in [1.82, 2.24) is 14.7 Å². The van der Waals surface area contributed by atoms with Gasteiger partial charge >= 0.3 is 6.09 Å². The van der Waals surface area contributed by atoms with E-state index in [2.05, 4.69) is 0 Å². The first-order valence-corrected chi connectivity index (χ1v) is 11.9. The van der Waals surface area contributed by atoms with Gasteiger partial charge in [0.15, 0.2) is 17.4 Å². The van der Waals surface area contributed by atoms with Crippen LogP contribution in [-0.4, -0.2) is 67.1 Å². The zero-order chi connectivity index (χ0) is 27.3. The summed E-state index contributed by atoms with van der Waals surface area (Å²) in [5.74, 6) is -5.52. The molecule has 0 fully saturated rings. The van der Waals surface area contributed by atoms with Gasteiger partial charge in [0.1, 0.15) is 17.2 Å². The van der Waals surface area contributed by atoms with E-state index in [1.54, 1.807) is 20.8 Å². The number of carbonyl (C=O) groups excluding carboxylic acids is 2. The highest BCUT2D eigenvalue weighted by atomic mass is 32.2. The number of hydrogen-bond donors (Lipinski definition) is 2. The maximum absolute atomic E-state index is 14.7. The van der Waals surface area contributed by atoms with Crippen molar-refractivity contribution in [2.24, 2.45) is 0 Å². The van der Waals surface area contributed by atoms with E-state index in [9.17, 15) is 31.2 Å². The highest BCUT2D eigenvalue weighted by Crippen LogP contribution is 2.31. The number of rotatable bonds is 9. The van der Waals surface area contributed by atoms with Gasteiger partial charge in [0.25, 0.3) is 5.91 Å². The van der Waals surface area contributed by atoms with Gasteiger partial charge in [-0.2, -0.15) is 4.31 Å². The summed E-state index contributed by atoms with van der Waals surface area (Å²) >= 11 is 0. The molecule has 198 valence electrons. The highest BCUT2D eigenvalue weighted by Gasteiger charge is 2.30. The zero-order valence-corrected chi connectivity index (χ0v) is 20.7. The second-order valence-electron chi connectivity index (χ2n) is 8.55. The summed E-state index contributed by atoms with van der Waals surface area (Å²) in [6.45, 7) is 3.24. The summed E-state index contributed by atoms with van der Waals surface area (Å²) in [7, 11) is -3.38. The van der Waals surface area contributed by atoms with E-state index < -0.39 is 68.8 Å². The number of ether oxygens (including phenoxy) is 2. The number of amides is 2. The Morgan fingerprint density at radius 3 is 2.08 bits per heavy atom. The van der Waals surface area contributed by atoms with Gasteiger partial charge in [-0.15, -0.1) is 0 Å². The van der Waals surface area contributed by atoms with Crippen LogP contribution in [0, 0.1) is 17.5 Å². The van der Waals surface area contributed by atoms with E-state index in [1.807, 2.05) is 0 Å². The topological polar surface area (TPSA) is 125 Å². The lowest BCUT2D eigenvalue weighted by Crippen LogP contribution is -2.44. The first kappa shape index (κ1) is 28.9. The molecule has 0 heterocycles. The molecule has 0 radical (unpaired) electrons. The predicted octanol–water partition coefficient (Wildman–Crippen LogP) is 3.26. The summed E-state index contributed by atoms with van der Waals surface area (Å²) in [4.78, 5) is 24.1. The third kappa shape index (κ3) is 7.83. The van der Waals surface area contributed by atoms with E-state index in [4.69, 9.17) is 14.7 Å². The first-order valence-electron chi connectivity index (χ1n) is 10.4. The molecule has 0 saturated carbocycles. The van der Waals surface area contributed by atoms with Crippen molar-refractivity contribution in [3.05, 3.63) is 53.8 Å². The summed E-state index contributed by atoms with van der Waals surface area (Å²) < 4.78 is 79.4. The predicted molar refractivity (Wildman–Crippen MR) is 120 cm³/mol. The van der Waals surface area contributed by atoms with Crippen LogP contribution >= 0.6 is 0 Å². The van der Waals surface area contributed by atoms with Crippen molar-refractivity contribution >= 4 is 22.0 Å².